The first-order valence-electron chi connectivity index (χ1n) is 3.32. The van der Waals surface area contributed by atoms with Crippen LogP contribution in [0.25, 0.3) is 0 Å². The van der Waals surface area contributed by atoms with Crippen LogP contribution in [0.15, 0.2) is 18.5 Å². The van der Waals surface area contributed by atoms with Gasteiger partial charge in [0.2, 0.25) is 0 Å². The minimum atomic E-state index is -4.74. The summed E-state index contributed by atoms with van der Waals surface area (Å²) in [6.45, 7) is -0.542. The molecule has 0 unspecified atom stereocenters. The number of hydrogen-bond donors (Lipinski definition) is 1. The van der Waals surface area contributed by atoms with Crippen LogP contribution in [0.2, 0.25) is 0 Å². The standard InChI is InChI=1S/C7H6F3NO2/c8-7(9,10)13-6-1-2-11-3-5(6)4-12/h1-3,12H,4H2. The van der Waals surface area contributed by atoms with Gasteiger partial charge in [-0.3, -0.25) is 4.98 Å². The van der Waals surface area contributed by atoms with E-state index in [9.17, 15) is 13.2 Å². The molecule has 3 nitrogen and oxygen atoms in total. The molecule has 0 atom stereocenters. The molecule has 0 aliphatic carbocycles. The highest BCUT2D eigenvalue weighted by atomic mass is 19.4. The average Bonchev–Trinajstić information content (AvgIpc) is 2.02. The minimum Gasteiger partial charge on any atom is -0.405 e. The smallest absolute Gasteiger partial charge is 0.405 e. The third-order valence-corrected chi connectivity index (χ3v) is 1.25. The number of aliphatic hydroxyl groups is 1. The quantitative estimate of drug-likeness (QED) is 0.773. The molecule has 13 heavy (non-hydrogen) atoms. The van der Waals surface area contributed by atoms with Crippen molar-refractivity contribution in [1.82, 2.24) is 4.98 Å². The summed E-state index contributed by atoms with van der Waals surface area (Å²) in [5.41, 5.74) is -0.000162. The van der Waals surface area contributed by atoms with Crippen molar-refractivity contribution in [2.45, 2.75) is 13.0 Å². The monoisotopic (exact) mass is 193 g/mol. The number of nitrogens with zero attached hydrogens (tertiary/aromatic N) is 1. The molecule has 0 radical (unpaired) electrons. The van der Waals surface area contributed by atoms with E-state index in [4.69, 9.17) is 5.11 Å². The zero-order chi connectivity index (χ0) is 9.90. The molecule has 1 rings (SSSR count). The highest BCUT2D eigenvalue weighted by Gasteiger charge is 2.31. The summed E-state index contributed by atoms with van der Waals surface area (Å²) in [4.78, 5) is 3.54. The maximum atomic E-state index is 11.7. The molecule has 0 fully saturated rings. The Morgan fingerprint density at radius 2 is 2.15 bits per heavy atom. The van der Waals surface area contributed by atoms with Crippen molar-refractivity contribution in [1.29, 1.82) is 0 Å². The molecule has 0 amide bonds. The molecule has 0 saturated heterocycles. The largest absolute Gasteiger partial charge is 0.573 e. The van der Waals surface area contributed by atoms with Crippen LogP contribution in [-0.2, 0) is 6.61 Å². The predicted octanol–water partition coefficient (Wildman–Crippen LogP) is 1.47. The highest BCUT2D eigenvalue weighted by Crippen LogP contribution is 2.25. The molecule has 0 bridgehead atoms. The number of alkyl halides is 3. The lowest BCUT2D eigenvalue weighted by Crippen LogP contribution is -2.18. The van der Waals surface area contributed by atoms with Gasteiger partial charge in [-0.2, -0.15) is 0 Å². The Balaban J connectivity index is 2.87. The first-order valence-corrected chi connectivity index (χ1v) is 3.32. The highest BCUT2D eigenvalue weighted by molar-refractivity contribution is 5.29. The summed E-state index contributed by atoms with van der Waals surface area (Å²) in [5, 5.41) is 8.63. The molecular formula is C7H6F3NO2. The Kier molecular flexibility index (Phi) is 2.72. The van der Waals surface area contributed by atoms with E-state index < -0.39 is 18.7 Å². The number of rotatable bonds is 2. The zero-order valence-electron chi connectivity index (χ0n) is 6.38. The number of aliphatic hydroxyl groups excluding tert-OH is 1. The Labute approximate surface area is 71.8 Å². The lowest BCUT2D eigenvalue weighted by molar-refractivity contribution is -0.275. The molecule has 1 N–H and O–H groups in total. The van der Waals surface area contributed by atoms with E-state index in [0.717, 1.165) is 18.5 Å². The second-order valence-corrected chi connectivity index (χ2v) is 2.19. The second kappa shape index (κ2) is 3.61. The van der Waals surface area contributed by atoms with E-state index >= 15 is 0 Å². The van der Waals surface area contributed by atoms with Crippen molar-refractivity contribution >= 4 is 0 Å². The molecule has 0 aliphatic rings. The van der Waals surface area contributed by atoms with Crippen LogP contribution in [0.3, 0.4) is 0 Å². The number of halogens is 3. The van der Waals surface area contributed by atoms with Crippen LogP contribution in [0.4, 0.5) is 13.2 Å². The lowest BCUT2D eigenvalue weighted by Gasteiger charge is -2.10. The minimum absolute atomic E-state index is 0.000162. The van der Waals surface area contributed by atoms with Crippen molar-refractivity contribution in [3.63, 3.8) is 0 Å². The van der Waals surface area contributed by atoms with Crippen molar-refractivity contribution in [3.8, 4) is 5.75 Å². The topological polar surface area (TPSA) is 42.4 Å². The van der Waals surface area contributed by atoms with Gasteiger partial charge < -0.3 is 9.84 Å². The first-order chi connectivity index (χ1) is 6.03. The zero-order valence-corrected chi connectivity index (χ0v) is 6.38. The van der Waals surface area contributed by atoms with E-state index in [-0.39, 0.29) is 5.56 Å². The predicted molar refractivity (Wildman–Crippen MR) is 36.8 cm³/mol. The fraction of sp³-hybridized carbons (Fsp3) is 0.286. The van der Waals surface area contributed by atoms with Crippen molar-refractivity contribution in [2.75, 3.05) is 0 Å². The summed E-state index contributed by atoms with van der Waals surface area (Å²) in [6.07, 6.45) is -2.48. The van der Waals surface area contributed by atoms with Gasteiger partial charge in [0.05, 0.1) is 6.61 Å². The third kappa shape index (κ3) is 2.90. The van der Waals surface area contributed by atoms with Crippen LogP contribution >= 0.6 is 0 Å². The van der Waals surface area contributed by atoms with Gasteiger partial charge in [-0.25, -0.2) is 0 Å². The Bertz CT molecular complexity index is 287. The van der Waals surface area contributed by atoms with Gasteiger partial charge in [0.1, 0.15) is 5.75 Å². The summed E-state index contributed by atoms with van der Waals surface area (Å²) < 4.78 is 38.8. The first kappa shape index (κ1) is 9.79. The summed E-state index contributed by atoms with van der Waals surface area (Å²) in [5.74, 6) is -0.426. The summed E-state index contributed by atoms with van der Waals surface area (Å²) in [6, 6.07) is 1.04. The van der Waals surface area contributed by atoms with Crippen molar-refractivity contribution in [2.24, 2.45) is 0 Å². The van der Waals surface area contributed by atoms with Gasteiger partial charge in [-0.1, -0.05) is 0 Å². The van der Waals surface area contributed by atoms with Gasteiger partial charge in [-0.05, 0) is 6.07 Å². The van der Waals surface area contributed by atoms with Crippen molar-refractivity contribution < 1.29 is 23.0 Å². The molecule has 0 saturated carbocycles. The molecule has 0 spiro atoms. The van der Waals surface area contributed by atoms with Gasteiger partial charge in [0.25, 0.3) is 0 Å². The second-order valence-electron chi connectivity index (χ2n) is 2.19. The van der Waals surface area contributed by atoms with E-state index in [1.54, 1.807) is 0 Å². The van der Waals surface area contributed by atoms with Gasteiger partial charge in [0.15, 0.2) is 0 Å². The maximum Gasteiger partial charge on any atom is 0.573 e. The van der Waals surface area contributed by atoms with Crippen LogP contribution in [0, 0.1) is 0 Å². The summed E-state index contributed by atoms with van der Waals surface area (Å²) in [7, 11) is 0. The number of ether oxygens (including phenoxy) is 1. The molecule has 1 aromatic rings. The number of aromatic nitrogens is 1. The fourth-order valence-corrected chi connectivity index (χ4v) is 0.757. The van der Waals surface area contributed by atoms with Crippen LogP contribution in [0.1, 0.15) is 5.56 Å². The van der Waals surface area contributed by atoms with Crippen LogP contribution in [0.5, 0.6) is 5.75 Å². The maximum absolute atomic E-state index is 11.7. The van der Waals surface area contributed by atoms with Crippen LogP contribution in [-0.4, -0.2) is 16.5 Å². The fourth-order valence-electron chi connectivity index (χ4n) is 0.757. The normalized spacial score (nSPS) is 11.4. The average molecular weight is 193 g/mol. The van der Waals surface area contributed by atoms with E-state index in [1.807, 2.05) is 0 Å². The Morgan fingerprint density at radius 3 is 2.69 bits per heavy atom. The van der Waals surface area contributed by atoms with Crippen LogP contribution < -0.4 is 4.74 Å². The molecule has 1 heterocycles. The van der Waals surface area contributed by atoms with Gasteiger partial charge in [0, 0.05) is 18.0 Å². The molecular weight excluding hydrogens is 187 g/mol. The number of pyridine rings is 1. The Morgan fingerprint density at radius 1 is 1.46 bits per heavy atom. The molecule has 0 aliphatic heterocycles. The number of hydrogen-bond acceptors (Lipinski definition) is 3. The SMILES string of the molecule is OCc1cnccc1OC(F)(F)F. The molecule has 1 aromatic heterocycles. The molecule has 0 aromatic carbocycles. The van der Waals surface area contributed by atoms with E-state index in [2.05, 4.69) is 9.72 Å². The molecule has 72 valence electrons. The van der Waals surface area contributed by atoms with Gasteiger partial charge >= 0.3 is 6.36 Å². The Hall–Kier alpha value is -1.30. The molecule has 6 heteroatoms. The summed E-state index contributed by atoms with van der Waals surface area (Å²) >= 11 is 0. The van der Waals surface area contributed by atoms with Crippen molar-refractivity contribution in [3.05, 3.63) is 24.0 Å². The van der Waals surface area contributed by atoms with E-state index in [0.29, 0.717) is 0 Å². The third-order valence-electron chi connectivity index (χ3n) is 1.25. The van der Waals surface area contributed by atoms with Gasteiger partial charge in [-0.15, -0.1) is 13.2 Å². The van der Waals surface area contributed by atoms with E-state index in [1.165, 1.54) is 0 Å². The lowest BCUT2D eigenvalue weighted by atomic mass is 10.3.